The fourth-order valence-corrected chi connectivity index (χ4v) is 3.09. The smallest absolute Gasteiger partial charge is 0.261 e. The van der Waals surface area contributed by atoms with Gasteiger partial charge in [0.1, 0.15) is 6.61 Å². The fraction of sp³-hybridized carbons (Fsp3) is 1.00. The lowest BCUT2D eigenvalue weighted by molar-refractivity contribution is 0.0173. The Kier molecular flexibility index (Phi) is 4.70. The van der Waals surface area contributed by atoms with Gasteiger partial charge in [-0.3, -0.25) is 0 Å². The van der Waals surface area contributed by atoms with Gasteiger partial charge in [0.15, 0.2) is 0 Å². The third-order valence-corrected chi connectivity index (χ3v) is 4.02. The molecule has 2 unspecified atom stereocenters. The van der Waals surface area contributed by atoms with Crippen molar-refractivity contribution in [3.63, 3.8) is 0 Å². The van der Waals surface area contributed by atoms with Crippen LogP contribution in [0.4, 0.5) is 8.78 Å². The monoisotopic (exact) mass is 248 g/mol. The summed E-state index contributed by atoms with van der Waals surface area (Å²) in [6.07, 6.45) is 2.63. The highest BCUT2D eigenvalue weighted by Crippen LogP contribution is 2.33. The molecule has 2 aliphatic rings. The van der Waals surface area contributed by atoms with Crippen molar-refractivity contribution in [1.82, 2.24) is 10.2 Å². The summed E-state index contributed by atoms with van der Waals surface area (Å²) in [5.74, 6) is 0. The van der Waals surface area contributed by atoms with Crippen molar-refractivity contribution >= 4 is 0 Å². The first-order valence-electron chi connectivity index (χ1n) is 6.48. The van der Waals surface area contributed by atoms with Gasteiger partial charge >= 0.3 is 0 Å². The predicted octanol–water partition coefficient (Wildman–Crippen LogP) is 1.48. The Balaban J connectivity index is 1.58. The van der Waals surface area contributed by atoms with Gasteiger partial charge in [-0.05, 0) is 32.7 Å². The number of nitrogens with zero attached hydrogens (tertiary/aromatic N) is 1. The van der Waals surface area contributed by atoms with Crippen molar-refractivity contribution < 1.29 is 13.5 Å². The lowest BCUT2D eigenvalue weighted by Crippen LogP contribution is -2.47. The van der Waals surface area contributed by atoms with Crippen molar-refractivity contribution in [1.29, 1.82) is 0 Å². The van der Waals surface area contributed by atoms with Gasteiger partial charge in [0.2, 0.25) is 0 Å². The number of halogens is 2. The van der Waals surface area contributed by atoms with Gasteiger partial charge in [0.25, 0.3) is 6.43 Å². The van der Waals surface area contributed by atoms with E-state index in [2.05, 4.69) is 17.3 Å². The molecule has 0 aromatic carbocycles. The van der Waals surface area contributed by atoms with Crippen LogP contribution in [0.1, 0.15) is 25.7 Å². The highest BCUT2D eigenvalue weighted by molar-refractivity contribution is 4.95. The van der Waals surface area contributed by atoms with Crippen LogP contribution in [-0.4, -0.2) is 56.3 Å². The largest absolute Gasteiger partial charge is 0.374 e. The average molecular weight is 248 g/mol. The molecule has 2 rings (SSSR count). The normalized spacial score (nSPS) is 33.5. The number of rotatable bonds is 6. The van der Waals surface area contributed by atoms with Gasteiger partial charge in [0.05, 0.1) is 6.61 Å². The molecule has 0 radical (unpaired) electrons. The third-order valence-electron chi connectivity index (χ3n) is 4.02. The van der Waals surface area contributed by atoms with Crippen LogP contribution in [0.25, 0.3) is 0 Å². The third kappa shape index (κ3) is 3.60. The van der Waals surface area contributed by atoms with E-state index in [0.29, 0.717) is 31.3 Å². The fourth-order valence-electron chi connectivity index (χ4n) is 3.09. The molecule has 3 nitrogen and oxygen atoms in total. The first-order chi connectivity index (χ1) is 8.16. The Morgan fingerprint density at radius 1 is 1.29 bits per heavy atom. The van der Waals surface area contributed by atoms with E-state index in [9.17, 15) is 8.78 Å². The molecular weight excluding hydrogens is 226 g/mol. The average Bonchev–Trinajstić information content (AvgIpc) is 2.52. The van der Waals surface area contributed by atoms with Gasteiger partial charge in [-0.15, -0.1) is 0 Å². The molecule has 2 saturated heterocycles. The zero-order chi connectivity index (χ0) is 12.3. The highest BCUT2D eigenvalue weighted by Gasteiger charge is 2.37. The number of hydrogen-bond donors (Lipinski definition) is 1. The van der Waals surface area contributed by atoms with E-state index in [1.807, 2.05) is 0 Å². The summed E-state index contributed by atoms with van der Waals surface area (Å²) in [6.45, 7) is 0.618. The standard InChI is InChI=1S/C12H22F2N2O/c1-16-10-2-3-11(16)7-9(6-10)15-4-5-17-8-12(13)14/h9-12,15H,2-8H2,1H3. The Labute approximate surface area is 101 Å². The van der Waals surface area contributed by atoms with E-state index in [0.717, 1.165) is 0 Å². The molecule has 0 aromatic rings. The maximum absolute atomic E-state index is 11.8. The molecule has 2 heterocycles. The first-order valence-corrected chi connectivity index (χ1v) is 6.48. The molecule has 0 saturated carbocycles. The second-order valence-corrected chi connectivity index (χ2v) is 5.14. The molecule has 0 aromatic heterocycles. The summed E-state index contributed by atoms with van der Waals surface area (Å²) < 4.78 is 28.5. The van der Waals surface area contributed by atoms with Gasteiger partial charge in [0, 0.05) is 24.7 Å². The minimum Gasteiger partial charge on any atom is -0.374 e. The maximum Gasteiger partial charge on any atom is 0.261 e. The van der Waals surface area contributed by atoms with E-state index in [1.165, 1.54) is 25.7 Å². The number of ether oxygens (including phenoxy) is 1. The molecule has 0 aliphatic carbocycles. The van der Waals surface area contributed by atoms with Crippen LogP contribution >= 0.6 is 0 Å². The molecule has 2 aliphatic heterocycles. The molecule has 2 bridgehead atoms. The van der Waals surface area contributed by atoms with Crippen LogP contribution < -0.4 is 5.32 Å². The van der Waals surface area contributed by atoms with E-state index >= 15 is 0 Å². The van der Waals surface area contributed by atoms with Gasteiger partial charge in [-0.2, -0.15) is 0 Å². The zero-order valence-electron chi connectivity index (χ0n) is 10.4. The van der Waals surface area contributed by atoms with Crippen molar-refractivity contribution in [2.45, 2.75) is 50.2 Å². The Bertz CT molecular complexity index is 227. The molecule has 0 spiro atoms. The Morgan fingerprint density at radius 3 is 2.53 bits per heavy atom. The van der Waals surface area contributed by atoms with E-state index in [1.54, 1.807) is 0 Å². The summed E-state index contributed by atoms with van der Waals surface area (Å²) in [4.78, 5) is 2.49. The van der Waals surface area contributed by atoms with Crippen LogP contribution in [0.15, 0.2) is 0 Å². The number of hydrogen-bond acceptors (Lipinski definition) is 3. The molecule has 5 heteroatoms. The van der Waals surface area contributed by atoms with Crippen LogP contribution in [-0.2, 0) is 4.74 Å². The summed E-state index contributed by atoms with van der Waals surface area (Å²) in [5, 5.41) is 3.42. The lowest BCUT2D eigenvalue weighted by Gasteiger charge is -2.36. The van der Waals surface area contributed by atoms with E-state index in [-0.39, 0.29) is 0 Å². The van der Waals surface area contributed by atoms with Crippen LogP contribution in [0.5, 0.6) is 0 Å². The minimum absolute atomic E-state index is 0.381. The second-order valence-electron chi connectivity index (χ2n) is 5.14. The van der Waals surface area contributed by atoms with Gasteiger partial charge in [-0.25, -0.2) is 8.78 Å². The maximum atomic E-state index is 11.8. The van der Waals surface area contributed by atoms with Crippen molar-refractivity contribution in [2.24, 2.45) is 0 Å². The summed E-state index contributed by atoms with van der Waals surface area (Å²) in [7, 11) is 2.21. The number of nitrogens with one attached hydrogen (secondary N) is 1. The van der Waals surface area contributed by atoms with E-state index in [4.69, 9.17) is 4.74 Å². The minimum atomic E-state index is -2.35. The van der Waals surface area contributed by atoms with E-state index < -0.39 is 13.0 Å². The van der Waals surface area contributed by atoms with Crippen LogP contribution in [0.3, 0.4) is 0 Å². The lowest BCUT2D eigenvalue weighted by atomic mass is 9.98. The highest BCUT2D eigenvalue weighted by atomic mass is 19.3. The Hall–Kier alpha value is -0.260. The second kappa shape index (κ2) is 6.07. The van der Waals surface area contributed by atoms with Gasteiger partial charge in [-0.1, -0.05) is 0 Å². The summed E-state index contributed by atoms with van der Waals surface area (Å²) >= 11 is 0. The Morgan fingerprint density at radius 2 is 1.94 bits per heavy atom. The number of alkyl halides is 2. The molecule has 2 fully saturated rings. The molecule has 0 amide bonds. The van der Waals surface area contributed by atoms with Crippen molar-refractivity contribution in [2.75, 3.05) is 26.8 Å². The molecule has 1 N–H and O–H groups in total. The quantitative estimate of drug-likeness (QED) is 0.721. The van der Waals surface area contributed by atoms with Gasteiger partial charge < -0.3 is 15.0 Å². The number of piperidine rings is 1. The SMILES string of the molecule is CN1C2CCC1CC(NCCOCC(F)F)C2. The first kappa shape index (κ1) is 13.2. The molecule has 2 atom stereocenters. The number of fused-ring (bicyclic) bond motifs is 2. The zero-order valence-corrected chi connectivity index (χ0v) is 10.4. The van der Waals surface area contributed by atoms with Crippen LogP contribution in [0, 0.1) is 0 Å². The van der Waals surface area contributed by atoms with Crippen molar-refractivity contribution in [3.8, 4) is 0 Å². The molecule has 100 valence electrons. The van der Waals surface area contributed by atoms with Crippen molar-refractivity contribution in [3.05, 3.63) is 0 Å². The molecular formula is C12H22F2N2O. The predicted molar refractivity (Wildman–Crippen MR) is 62.4 cm³/mol. The molecule has 17 heavy (non-hydrogen) atoms. The summed E-state index contributed by atoms with van der Waals surface area (Å²) in [5.41, 5.74) is 0. The summed E-state index contributed by atoms with van der Waals surface area (Å²) in [6, 6.07) is 1.97. The topological polar surface area (TPSA) is 24.5 Å². The van der Waals surface area contributed by atoms with Crippen LogP contribution in [0.2, 0.25) is 0 Å².